The summed E-state index contributed by atoms with van der Waals surface area (Å²) in [7, 11) is 0. The van der Waals surface area contributed by atoms with Gasteiger partial charge < -0.3 is 14.0 Å². The molecule has 0 saturated heterocycles. The van der Waals surface area contributed by atoms with Crippen LogP contribution in [0.5, 0.6) is 11.5 Å². The molecule has 0 fully saturated rings. The van der Waals surface area contributed by atoms with Crippen LogP contribution in [-0.2, 0) is 20.9 Å². The number of hydrogen-bond acceptors (Lipinski definition) is 5. The first-order valence-corrected chi connectivity index (χ1v) is 10.5. The van der Waals surface area contributed by atoms with Crippen molar-refractivity contribution in [2.45, 2.75) is 51.8 Å². The Morgan fingerprint density at radius 1 is 1.14 bits per heavy atom. The number of rotatable bonds is 8. The van der Waals surface area contributed by atoms with Crippen molar-refractivity contribution in [2.24, 2.45) is 0 Å². The van der Waals surface area contributed by atoms with Crippen molar-refractivity contribution in [3.8, 4) is 11.5 Å². The van der Waals surface area contributed by atoms with Crippen molar-refractivity contribution in [1.82, 2.24) is 4.72 Å². The van der Waals surface area contributed by atoms with Gasteiger partial charge in [-0.2, -0.15) is 0 Å². The first kappa shape index (κ1) is 22.3. The minimum absolute atomic E-state index is 0.0869. The third-order valence-corrected chi connectivity index (χ3v) is 5.58. The lowest BCUT2D eigenvalue weighted by molar-refractivity contribution is -0.143. The van der Waals surface area contributed by atoms with Gasteiger partial charge >= 0.3 is 5.97 Å². The Labute approximate surface area is 170 Å². The lowest BCUT2D eigenvalue weighted by atomic mass is 10.0. The first-order chi connectivity index (χ1) is 13.2. The number of hydrogen-bond donors (Lipinski definition) is 1. The summed E-state index contributed by atoms with van der Waals surface area (Å²) in [5.41, 5.74) is 1.92. The molecule has 0 spiro atoms. The third-order valence-electron chi connectivity index (χ3n) is 3.97. The first-order valence-electron chi connectivity index (χ1n) is 9.37. The molecule has 1 N–H and O–H groups in total. The monoisotopic (exact) mass is 403 g/mol. The Balaban J connectivity index is 2.24. The zero-order valence-electron chi connectivity index (χ0n) is 17.2. The van der Waals surface area contributed by atoms with Gasteiger partial charge in [0.1, 0.15) is 16.2 Å². The molecule has 0 amide bonds. The zero-order chi connectivity index (χ0) is 20.7. The van der Waals surface area contributed by atoms with Gasteiger partial charge in [0, 0.05) is 11.4 Å². The van der Waals surface area contributed by atoms with Gasteiger partial charge in [-0.25, -0.2) is 0 Å². The highest BCUT2D eigenvalue weighted by atomic mass is 32.2. The van der Waals surface area contributed by atoms with Crippen molar-refractivity contribution in [3.05, 3.63) is 59.7 Å². The van der Waals surface area contributed by atoms with E-state index >= 15 is 0 Å². The summed E-state index contributed by atoms with van der Waals surface area (Å²) in [6, 6.07) is 14.8. The van der Waals surface area contributed by atoms with E-state index in [1.54, 1.807) is 6.92 Å². The predicted molar refractivity (Wildman–Crippen MR) is 113 cm³/mol. The van der Waals surface area contributed by atoms with Crippen molar-refractivity contribution in [1.29, 1.82) is 0 Å². The van der Waals surface area contributed by atoms with E-state index < -0.39 is 22.2 Å². The summed E-state index contributed by atoms with van der Waals surface area (Å²) < 4.78 is 26.3. The number of carbonyl (C=O) groups is 1. The number of aryl methyl sites for hydroxylation is 1. The summed E-state index contributed by atoms with van der Waals surface area (Å²) in [5.74, 6) is 1.06. The fourth-order valence-corrected chi connectivity index (χ4v) is 3.36. The van der Waals surface area contributed by atoms with Crippen molar-refractivity contribution >= 4 is 17.3 Å². The zero-order valence-corrected chi connectivity index (χ0v) is 18.0. The molecule has 2 atom stereocenters. The molecule has 0 aliphatic heterocycles. The van der Waals surface area contributed by atoms with Crippen LogP contribution in [0.25, 0.3) is 0 Å². The maximum Gasteiger partial charge on any atom is 0.307 e. The van der Waals surface area contributed by atoms with Crippen LogP contribution < -0.4 is 9.46 Å². The second-order valence-electron chi connectivity index (χ2n) is 7.55. The second kappa shape index (κ2) is 9.96. The number of esters is 1. The molecule has 5 nitrogen and oxygen atoms in total. The van der Waals surface area contributed by atoms with E-state index in [2.05, 4.69) is 4.72 Å². The molecule has 152 valence electrons. The van der Waals surface area contributed by atoms with E-state index in [0.717, 1.165) is 16.9 Å². The number of ether oxygens (including phenoxy) is 2. The third kappa shape index (κ3) is 6.86. The fourth-order valence-electron chi connectivity index (χ4n) is 2.53. The molecule has 2 aromatic carbocycles. The molecule has 6 heteroatoms. The van der Waals surface area contributed by atoms with Crippen LogP contribution in [0.2, 0.25) is 0 Å². The minimum Gasteiger partial charge on any atom is -0.598 e. The average molecular weight is 404 g/mol. The van der Waals surface area contributed by atoms with E-state index in [1.807, 2.05) is 76.2 Å². The Morgan fingerprint density at radius 2 is 1.79 bits per heavy atom. The van der Waals surface area contributed by atoms with Crippen molar-refractivity contribution in [2.75, 3.05) is 6.61 Å². The standard InChI is InChI=1S/C22H29NO4S/c1-6-26-21(24)15-20(23-28(25)22(3,4)5)17-10-8-12-19(14-17)27-18-11-7-9-16(2)13-18/h7-14,20,23H,6,15H2,1-5H3/t20-,28?/m0/s1. The highest BCUT2D eigenvalue weighted by Crippen LogP contribution is 2.28. The van der Waals surface area contributed by atoms with Crippen LogP contribution >= 0.6 is 0 Å². The smallest absolute Gasteiger partial charge is 0.307 e. The molecule has 0 radical (unpaired) electrons. The molecule has 0 saturated carbocycles. The van der Waals surface area contributed by atoms with Crippen LogP contribution in [0.3, 0.4) is 0 Å². The van der Waals surface area contributed by atoms with Gasteiger partial charge in [-0.15, -0.1) is 4.72 Å². The molecule has 28 heavy (non-hydrogen) atoms. The van der Waals surface area contributed by atoms with Gasteiger partial charge in [-0.1, -0.05) is 24.3 Å². The largest absolute Gasteiger partial charge is 0.598 e. The molecule has 1 unspecified atom stereocenters. The van der Waals surface area contributed by atoms with Crippen LogP contribution in [0.15, 0.2) is 48.5 Å². The highest BCUT2D eigenvalue weighted by Gasteiger charge is 2.31. The SMILES string of the molecule is CCOC(=O)C[C@H](N[S+]([O-])C(C)(C)C)c1cccc(Oc2cccc(C)c2)c1. The fraction of sp³-hybridized carbons (Fsp3) is 0.409. The topological polar surface area (TPSA) is 70.6 Å². The number of carbonyl (C=O) groups excluding carboxylic acids is 1. The predicted octanol–water partition coefficient (Wildman–Crippen LogP) is 4.83. The Bertz CT molecular complexity index is 788. The van der Waals surface area contributed by atoms with Gasteiger partial charge in [0.2, 0.25) is 0 Å². The second-order valence-corrected chi connectivity index (χ2v) is 9.55. The van der Waals surface area contributed by atoms with Crippen molar-refractivity contribution in [3.63, 3.8) is 0 Å². The molecule has 0 aliphatic rings. The molecule has 0 aromatic heterocycles. The summed E-state index contributed by atoms with van der Waals surface area (Å²) in [4.78, 5) is 12.1. The molecule has 0 aliphatic carbocycles. The van der Waals surface area contributed by atoms with E-state index in [-0.39, 0.29) is 12.4 Å². The summed E-state index contributed by atoms with van der Waals surface area (Å²) in [6.45, 7) is 9.73. The summed E-state index contributed by atoms with van der Waals surface area (Å²) in [5, 5.41) is 0. The molecular weight excluding hydrogens is 374 g/mol. The Hall–Kier alpha value is -2.02. The Kier molecular flexibility index (Phi) is 7.92. The van der Waals surface area contributed by atoms with Crippen LogP contribution in [0.4, 0.5) is 0 Å². The maximum atomic E-state index is 12.6. The molecular formula is C22H29NO4S. The van der Waals surface area contributed by atoms with Gasteiger partial charge in [0.25, 0.3) is 0 Å². The van der Waals surface area contributed by atoms with E-state index in [9.17, 15) is 9.35 Å². The van der Waals surface area contributed by atoms with E-state index in [0.29, 0.717) is 12.4 Å². The maximum absolute atomic E-state index is 12.6. The summed E-state index contributed by atoms with van der Waals surface area (Å²) >= 11 is -1.33. The van der Waals surface area contributed by atoms with Crippen molar-refractivity contribution < 1.29 is 18.8 Å². The Morgan fingerprint density at radius 3 is 2.39 bits per heavy atom. The van der Waals surface area contributed by atoms with Gasteiger partial charge in [-0.3, -0.25) is 4.79 Å². The van der Waals surface area contributed by atoms with Crippen LogP contribution in [-0.4, -0.2) is 21.9 Å². The summed E-state index contributed by atoms with van der Waals surface area (Å²) in [6.07, 6.45) is 0.0869. The van der Waals surface area contributed by atoms with E-state index in [1.165, 1.54) is 0 Å². The van der Waals surface area contributed by atoms with Crippen LogP contribution in [0, 0.1) is 6.92 Å². The average Bonchev–Trinajstić information content (AvgIpc) is 2.61. The number of benzene rings is 2. The molecule has 0 heterocycles. The van der Waals surface area contributed by atoms with Gasteiger partial charge in [0.05, 0.1) is 19.1 Å². The van der Waals surface area contributed by atoms with E-state index in [4.69, 9.17) is 9.47 Å². The minimum atomic E-state index is -1.33. The molecule has 2 rings (SSSR count). The number of nitrogens with one attached hydrogen (secondary N) is 1. The lowest BCUT2D eigenvalue weighted by Crippen LogP contribution is -2.42. The van der Waals surface area contributed by atoms with Crippen LogP contribution in [0.1, 0.15) is 51.3 Å². The van der Waals surface area contributed by atoms with Gasteiger partial charge in [-0.05, 0) is 70.0 Å². The highest BCUT2D eigenvalue weighted by molar-refractivity contribution is 7.90. The molecule has 0 bridgehead atoms. The quantitative estimate of drug-likeness (QED) is 0.505. The normalized spacial score (nSPS) is 13.6. The lowest BCUT2D eigenvalue weighted by Gasteiger charge is -2.28. The molecule has 2 aromatic rings. The van der Waals surface area contributed by atoms with Gasteiger partial charge in [0.15, 0.2) is 0 Å².